The second-order valence-electron chi connectivity index (χ2n) is 5.25. The lowest BCUT2D eigenvalue weighted by Crippen LogP contribution is -2.34. The van der Waals surface area contributed by atoms with E-state index in [1.807, 2.05) is 6.92 Å². The van der Waals surface area contributed by atoms with Gasteiger partial charge in [-0.05, 0) is 25.8 Å². The summed E-state index contributed by atoms with van der Waals surface area (Å²) in [6, 6.07) is 0. The number of rotatable bonds is 6. The Labute approximate surface area is 112 Å². The average molecular weight is 267 g/mol. The monoisotopic (exact) mass is 267 g/mol. The molecule has 2 heterocycles. The molecule has 1 aromatic heterocycles. The van der Waals surface area contributed by atoms with Crippen molar-refractivity contribution >= 4 is 5.97 Å². The molecule has 0 radical (unpaired) electrons. The summed E-state index contributed by atoms with van der Waals surface area (Å²) in [5.41, 5.74) is -0.601. The lowest BCUT2D eigenvalue weighted by atomic mass is 9.84. The molecule has 0 aliphatic carbocycles. The molecule has 1 N–H and O–H groups in total. The standard InChI is InChI=1S/C13H21N3O3/c1-3-5-11-14-10(15-19-11)8-16-7-6-13(4-2,9-16)12(17)18/h3-9H2,1-2H3,(H,17,18). The van der Waals surface area contributed by atoms with Gasteiger partial charge in [-0.15, -0.1) is 0 Å². The Morgan fingerprint density at radius 2 is 2.32 bits per heavy atom. The van der Waals surface area contributed by atoms with Crippen molar-refractivity contribution in [2.24, 2.45) is 5.41 Å². The van der Waals surface area contributed by atoms with E-state index in [1.165, 1.54) is 0 Å². The maximum Gasteiger partial charge on any atom is 0.310 e. The van der Waals surface area contributed by atoms with Crippen LogP contribution in [0.4, 0.5) is 0 Å². The van der Waals surface area contributed by atoms with Crippen LogP contribution in [0.25, 0.3) is 0 Å². The zero-order chi connectivity index (χ0) is 13.9. The summed E-state index contributed by atoms with van der Waals surface area (Å²) in [4.78, 5) is 17.8. The zero-order valence-electron chi connectivity index (χ0n) is 11.6. The second kappa shape index (κ2) is 5.69. The smallest absolute Gasteiger partial charge is 0.310 e. The maximum atomic E-state index is 11.4. The number of hydrogen-bond acceptors (Lipinski definition) is 5. The maximum absolute atomic E-state index is 11.4. The fraction of sp³-hybridized carbons (Fsp3) is 0.769. The van der Waals surface area contributed by atoms with Gasteiger partial charge in [0.25, 0.3) is 0 Å². The van der Waals surface area contributed by atoms with Crippen LogP contribution in [0.15, 0.2) is 4.52 Å². The Morgan fingerprint density at radius 3 is 2.89 bits per heavy atom. The van der Waals surface area contributed by atoms with Gasteiger partial charge < -0.3 is 9.63 Å². The largest absolute Gasteiger partial charge is 0.481 e. The molecule has 6 nitrogen and oxygen atoms in total. The summed E-state index contributed by atoms with van der Waals surface area (Å²) in [5.74, 6) is 0.620. The molecule has 19 heavy (non-hydrogen) atoms. The number of aryl methyl sites for hydroxylation is 1. The van der Waals surface area contributed by atoms with E-state index in [9.17, 15) is 9.90 Å². The second-order valence-corrected chi connectivity index (χ2v) is 5.25. The lowest BCUT2D eigenvalue weighted by molar-refractivity contribution is -0.148. The van der Waals surface area contributed by atoms with Crippen molar-refractivity contribution in [2.75, 3.05) is 13.1 Å². The van der Waals surface area contributed by atoms with Crippen LogP contribution < -0.4 is 0 Å². The van der Waals surface area contributed by atoms with E-state index in [1.54, 1.807) is 0 Å². The molecule has 2 rings (SSSR count). The van der Waals surface area contributed by atoms with Gasteiger partial charge in [-0.2, -0.15) is 4.98 Å². The van der Waals surface area contributed by atoms with Gasteiger partial charge in [0.15, 0.2) is 5.82 Å². The number of hydrogen-bond donors (Lipinski definition) is 1. The van der Waals surface area contributed by atoms with Crippen molar-refractivity contribution in [3.05, 3.63) is 11.7 Å². The van der Waals surface area contributed by atoms with Gasteiger partial charge in [-0.3, -0.25) is 9.69 Å². The first-order valence-electron chi connectivity index (χ1n) is 6.87. The summed E-state index contributed by atoms with van der Waals surface area (Å²) >= 11 is 0. The highest BCUT2D eigenvalue weighted by Crippen LogP contribution is 2.34. The summed E-state index contributed by atoms with van der Waals surface area (Å²) in [6.07, 6.45) is 3.12. The molecule has 1 saturated heterocycles. The van der Waals surface area contributed by atoms with Gasteiger partial charge >= 0.3 is 5.97 Å². The number of likely N-dealkylation sites (tertiary alicyclic amines) is 1. The topological polar surface area (TPSA) is 79.5 Å². The van der Waals surface area contributed by atoms with Crippen LogP contribution in [0.3, 0.4) is 0 Å². The zero-order valence-corrected chi connectivity index (χ0v) is 11.6. The third-order valence-electron chi connectivity index (χ3n) is 3.90. The van der Waals surface area contributed by atoms with E-state index < -0.39 is 11.4 Å². The number of carbonyl (C=O) groups is 1. The van der Waals surface area contributed by atoms with E-state index >= 15 is 0 Å². The number of carboxylic acids is 1. The van der Waals surface area contributed by atoms with Gasteiger partial charge in [0.1, 0.15) is 0 Å². The summed E-state index contributed by atoms with van der Waals surface area (Å²) < 4.78 is 5.14. The molecule has 0 amide bonds. The van der Waals surface area contributed by atoms with Crippen LogP contribution in [-0.2, 0) is 17.8 Å². The molecule has 0 saturated carbocycles. The third-order valence-corrected chi connectivity index (χ3v) is 3.90. The van der Waals surface area contributed by atoms with Crippen LogP contribution >= 0.6 is 0 Å². The van der Waals surface area contributed by atoms with E-state index in [2.05, 4.69) is 22.0 Å². The van der Waals surface area contributed by atoms with Crippen LogP contribution in [0.5, 0.6) is 0 Å². The van der Waals surface area contributed by atoms with Gasteiger partial charge in [-0.1, -0.05) is 19.0 Å². The molecule has 6 heteroatoms. The van der Waals surface area contributed by atoms with E-state index in [0.29, 0.717) is 37.6 Å². The number of nitrogens with zero attached hydrogens (tertiary/aromatic N) is 3. The lowest BCUT2D eigenvalue weighted by Gasteiger charge is -2.22. The normalized spacial score (nSPS) is 23.9. The van der Waals surface area contributed by atoms with Gasteiger partial charge in [0.05, 0.1) is 12.0 Å². The fourth-order valence-corrected chi connectivity index (χ4v) is 2.58. The van der Waals surface area contributed by atoms with Gasteiger partial charge in [0.2, 0.25) is 5.89 Å². The predicted octanol–water partition coefficient (Wildman–Crippen LogP) is 1.71. The fourth-order valence-electron chi connectivity index (χ4n) is 2.58. The molecule has 1 fully saturated rings. The highest BCUT2D eigenvalue weighted by molar-refractivity contribution is 5.75. The molecule has 1 atom stereocenters. The Hall–Kier alpha value is -1.43. The molecule has 1 aliphatic rings. The Balaban J connectivity index is 1.95. The van der Waals surface area contributed by atoms with Crippen molar-refractivity contribution in [1.29, 1.82) is 0 Å². The molecule has 1 aliphatic heterocycles. The first-order valence-corrected chi connectivity index (χ1v) is 6.87. The Kier molecular flexibility index (Phi) is 4.19. The molecule has 0 aromatic carbocycles. The van der Waals surface area contributed by atoms with Crippen molar-refractivity contribution in [1.82, 2.24) is 15.0 Å². The quantitative estimate of drug-likeness (QED) is 0.845. The van der Waals surface area contributed by atoms with Crippen molar-refractivity contribution in [2.45, 2.75) is 46.1 Å². The first kappa shape index (κ1) is 14.0. The van der Waals surface area contributed by atoms with Crippen molar-refractivity contribution < 1.29 is 14.4 Å². The van der Waals surface area contributed by atoms with E-state index in [4.69, 9.17) is 4.52 Å². The highest BCUT2D eigenvalue weighted by Gasteiger charge is 2.43. The van der Waals surface area contributed by atoms with Crippen molar-refractivity contribution in [3.63, 3.8) is 0 Å². The minimum absolute atomic E-state index is 0.566. The molecule has 1 unspecified atom stereocenters. The van der Waals surface area contributed by atoms with E-state index in [0.717, 1.165) is 19.4 Å². The van der Waals surface area contributed by atoms with Gasteiger partial charge in [0, 0.05) is 13.0 Å². The van der Waals surface area contributed by atoms with Gasteiger partial charge in [-0.25, -0.2) is 0 Å². The number of carboxylic acid groups (broad SMARTS) is 1. The molecule has 1 aromatic rings. The summed E-state index contributed by atoms with van der Waals surface area (Å²) in [6.45, 7) is 5.91. The predicted molar refractivity (Wildman–Crippen MR) is 68.5 cm³/mol. The first-order chi connectivity index (χ1) is 9.09. The van der Waals surface area contributed by atoms with Crippen LogP contribution in [0.1, 0.15) is 44.8 Å². The average Bonchev–Trinajstić information content (AvgIpc) is 2.98. The molecular weight excluding hydrogens is 246 g/mol. The highest BCUT2D eigenvalue weighted by atomic mass is 16.5. The Morgan fingerprint density at radius 1 is 1.53 bits per heavy atom. The van der Waals surface area contributed by atoms with Crippen LogP contribution in [-0.4, -0.2) is 39.2 Å². The molecule has 0 bridgehead atoms. The Bertz CT molecular complexity index is 446. The summed E-state index contributed by atoms with van der Waals surface area (Å²) in [5, 5.41) is 13.3. The number of aliphatic carboxylic acids is 1. The third kappa shape index (κ3) is 2.94. The number of aromatic nitrogens is 2. The molecular formula is C13H21N3O3. The molecule has 106 valence electrons. The van der Waals surface area contributed by atoms with Crippen LogP contribution in [0.2, 0.25) is 0 Å². The minimum Gasteiger partial charge on any atom is -0.481 e. The van der Waals surface area contributed by atoms with E-state index in [-0.39, 0.29) is 0 Å². The summed E-state index contributed by atoms with van der Waals surface area (Å²) in [7, 11) is 0. The van der Waals surface area contributed by atoms with Crippen LogP contribution in [0, 0.1) is 5.41 Å². The molecule has 0 spiro atoms. The van der Waals surface area contributed by atoms with Crippen molar-refractivity contribution in [3.8, 4) is 0 Å². The SMILES string of the molecule is CCCc1nc(CN2CCC(CC)(C(=O)O)C2)no1. The minimum atomic E-state index is -0.697.